The summed E-state index contributed by atoms with van der Waals surface area (Å²) in [7, 11) is 0. The predicted molar refractivity (Wildman–Crippen MR) is 118 cm³/mol. The van der Waals surface area contributed by atoms with Gasteiger partial charge in [-0.15, -0.1) is 0 Å². The zero-order valence-corrected chi connectivity index (χ0v) is 17.0. The first-order valence-corrected chi connectivity index (χ1v) is 9.96. The van der Waals surface area contributed by atoms with E-state index in [1.807, 2.05) is 36.4 Å². The summed E-state index contributed by atoms with van der Waals surface area (Å²) in [6, 6.07) is 17.7. The highest BCUT2D eigenvalue weighted by Gasteiger charge is 2.22. The number of hydrogen-bond donors (Lipinski definition) is 1. The minimum absolute atomic E-state index is 0.177. The molecule has 0 bridgehead atoms. The molecule has 5 rings (SSSR count). The van der Waals surface area contributed by atoms with Crippen LogP contribution in [-0.4, -0.2) is 5.91 Å². The first-order valence-electron chi connectivity index (χ1n) is 9.96. The van der Waals surface area contributed by atoms with Crippen molar-refractivity contribution in [3.8, 4) is 11.3 Å². The molecule has 3 aromatic heterocycles. The molecule has 6 nitrogen and oxygen atoms in total. The van der Waals surface area contributed by atoms with Crippen LogP contribution in [0.5, 0.6) is 0 Å². The molecule has 31 heavy (non-hydrogen) atoms. The third kappa shape index (κ3) is 3.32. The van der Waals surface area contributed by atoms with E-state index in [9.17, 15) is 9.59 Å². The van der Waals surface area contributed by atoms with E-state index in [0.29, 0.717) is 28.2 Å². The molecule has 0 saturated heterocycles. The molecule has 1 amide bonds. The number of benzene rings is 2. The van der Waals surface area contributed by atoms with Gasteiger partial charge in [-0.05, 0) is 47.9 Å². The topological polar surface area (TPSA) is 85.6 Å². The highest BCUT2D eigenvalue weighted by atomic mass is 16.4. The maximum Gasteiger partial charge on any atom is 0.336 e. The normalized spacial score (nSPS) is 11.5. The van der Waals surface area contributed by atoms with Crippen molar-refractivity contribution in [2.45, 2.75) is 19.8 Å². The minimum Gasteiger partial charge on any atom is -0.459 e. The van der Waals surface area contributed by atoms with Gasteiger partial charge < -0.3 is 18.6 Å². The third-order valence-corrected chi connectivity index (χ3v) is 5.26. The zero-order chi connectivity index (χ0) is 21.5. The van der Waals surface area contributed by atoms with Crippen molar-refractivity contribution in [2.24, 2.45) is 0 Å². The van der Waals surface area contributed by atoms with Crippen LogP contribution in [-0.2, 0) is 0 Å². The molecule has 0 atom stereocenters. The molecule has 1 N–H and O–H groups in total. The monoisotopic (exact) mass is 413 g/mol. The lowest BCUT2D eigenvalue weighted by molar-refractivity contribution is 0.0996. The van der Waals surface area contributed by atoms with Gasteiger partial charge in [0.1, 0.15) is 11.2 Å². The van der Waals surface area contributed by atoms with Crippen molar-refractivity contribution in [1.29, 1.82) is 0 Å². The Kier molecular flexibility index (Phi) is 4.47. The van der Waals surface area contributed by atoms with Crippen LogP contribution >= 0.6 is 0 Å². The van der Waals surface area contributed by atoms with E-state index in [2.05, 4.69) is 19.2 Å². The molecule has 2 aromatic carbocycles. The third-order valence-electron chi connectivity index (χ3n) is 5.26. The Bertz CT molecular complexity index is 1470. The molecule has 0 aliphatic heterocycles. The Labute approximate surface area is 177 Å². The smallest absolute Gasteiger partial charge is 0.336 e. The van der Waals surface area contributed by atoms with Gasteiger partial charge in [0, 0.05) is 22.4 Å². The Balaban J connectivity index is 1.77. The summed E-state index contributed by atoms with van der Waals surface area (Å²) < 4.78 is 16.8. The van der Waals surface area contributed by atoms with E-state index in [0.717, 1.165) is 16.3 Å². The number of furan rings is 2. The van der Waals surface area contributed by atoms with Crippen LogP contribution in [0.1, 0.15) is 35.9 Å². The van der Waals surface area contributed by atoms with Gasteiger partial charge in [-0.3, -0.25) is 4.79 Å². The van der Waals surface area contributed by atoms with Gasteiger partial charge in [-0.1, -0.05) is 32.0 Å². The number of para-hydroxylation sites is 1. The van der Waals surface area contributed by atoms with Gasteiger partial charge in [-0.2, -0.15) is 0 Å². The molecule has 0 spiro atoms. The Morgan fingerprint density at radius 2 is 1.71 bits per heavy atom. The quantitative estimate of drug-likeness (QED) is 0.356. The Morgan fingerprint density at radius 3 is 2.48 bits per heavy atom. The number of anilines is 1. The highest BCUT2D eigenvalue weighted by molar-refractivity contribution is 6.12. The average Bonchev–Trinajstić information content (AvgIpc) is 3.41. The van der Waals surface area contributed by atoms with Crippen LogP contribution in [0.3, 0.4) is 0 Å². The maximum absolute atomic E-state index is 12.7. The molecule has 0 fully saturated rings. The Morgan fingerprint density at radius 1 is 0.903 bits per heavy atom. The second kappa shape index (κ2) is 7.32. The van der Waals surface area contributed by atoms with Gasteiger partial charge in [0.25, 0.3) is 5.91 Å². The van der Waals surface area contributed by atoms with Gasteiger partial charge in [0.15, 0.2) is 11.5 Å². The average molecular weight is 413 g/mol. The summed E-state index contributed by atoms with van der Waals surface area (Å²) in [4.78, 5) is 25.1. The number of hydrogen-bond acceptors (Lipinski definition) is 5. The molecular weight excluding hydrogens is 394 g/mol. The van der Waals surface area contributed by atoms with E-state index in [4.69, 9.17) is 13.3 Å². The molecule has 6 heteroatoms. The summed E-state index contributed by atoms with van der Waals surface area (Å²) in [5.74, 6) is 0.446. The molecular formula is C25H19NO5. The molecule has 0 unspecified atom stereocenters. The van der Waals surface area contributed by atoms with Gasteiger partial charge in [0.2, 0.25) is 0 Å². The van der Waals surface area contributed by atoms with E-state index in [1.165, 1.54) is 12.3 Å². The molecule has 5 aromatic rings. The summed E-state index contributed by atoms with van der Waals surface area (Å²) >= 11 is 0. The number of carbonyl (C=O) groups is 1. The Hall–Kier alpha value is -4.06. The molecule has 0 saturated carbocycles. The van der Waals surface area contributed by atoms with E-state index in [-0.39, 0.29) is 11.7 Å². The maximum atomic E-state index is 12.7. The highest BCUT2D eigenvalue weighted by Crippen LogP contribution is 2.41. The van der Waals surface area contributed by atoms with Crippen LogP contribution in [0.15, 0.2) is 85.0 Å². The molecule has 0 radical (unpaired) electrons. The van der Waals surface area contributed by atoms with E-state index >= 15 is 0 Å². The fraction of sp³-hybridized carbons (Fsp3) is 0.120. The first kappa shape index (κ1) is 18.9. The van der Waals surface area contributed by atoms with Crippen LogP contribution in [0, 0.1) is 0 Å². The summed E-state index contributed by atoms with van der Waals surface area (Å²) in [5, 5.41) is 4.35. The van der Waals surface area contributed by atoms with Crippen LogP contribution in [0.2, 0.25) is 0 Å². The lowest BCUT2D eigenvalue weighted by Gasteiger charge is -2.10. The second-order valence-corrected chi connectivity index (χ2v) is 7.62. The number of nitrogens with one attached hydrogen (secondary N) is 1. The first-order chi connectivity index (χ1) is 15.0. The van der Waals surface area contributed by atoms with E-state index < -0.39 is 11.5 Å². The van der Waals surface area contributed by atoms with Crippen LogP contribution in [0.4, 0.5) is 5.69 Å². The van der Waals surface area contributed by atoms with Crippen molar-refractivity contribution in [1.82, 2.24) is 0 Å². The van der Waals surface area contributed by atoms with Gasteiger partial charge in [-0.25, -0.2) is 4.79 Å². The fourth-order valence-electron chi connectivity index (χ4n) is 3.67. The molecule has 0 aliphatic carbocycles. The predicted octanol–water partition coefficient (Wildman–Crippen LogP) is 6.17. The van der Waals surface area contributed by atoms with Crippen molar-refractivity contribution in [2.75, 3.05) is 5.32 Å². The fourth-order valence-corrected chi connectivity index (χ4v) is 3.67. The minimum atomic E-state index is -0.497. The number of carbonyl (C=O) groups excluding carboxylic acids is 1. The van der Waals surface area contributed by atoms with Crippen LogP contribution < -0.4 is 10.9 Å². The summed E-state index contributed by atoms with van der Waals surface area (Å²) in [6.45, 7) is 4.19. The molecule has 154 valence electrons. The van der Waals surface area contributed by atoms with Crippen molar-refractivity contribution in [3.05, 3.63) is 88.7 Å². The molecule has 3 heterocycles. The van der Waals surface area contributed by atoms with Crippen molar-refractivity contribution < 1.29 is 18.0 Å². The second-order valence-electron chi connectivity index (χ2n) is 7.62. The van der Waals surface area contributed by atoms with Gasteiger partial charge in [0.05, 0.1) is 12.0 Å². The number of fused-ring (bicyclic) bond motifs is 2. The lowest BCUT2D eigenvalue weighted by atomic mass is 9.98. The lowest BCUT2D eigenvalue weighted by Crippen LogP contribution is -2.11. The number of amides is 1. The molecule has 0 aliphatic rings. The van der Waals surface area contributed by atoms with Crippen LogP contribution in [0.25, 0.3) is 33.3 Å². The van der Waals surface area contributed by atoms with Crippen molar-refractivity contribution >= 4 is 33.5 Å². The summed E-state index contributed by atoms with van der Waals surface area (Å²) in [6.07, 6.45) is 1.44. The number of rotatable bonds is 4. The zero-order valence-electron chi connectivity index (χ0n) is 17.0. The van der Waals surface area contributed by atoms with E-state index in [1.54, 1.807) is 18.2 Å². The standard InChI is InChI=1S/C25H19NO5/c1-14(2)15-9-10-20-17(12-15)18(13-22(27)30-20)24-23(16-6-3-4-7-19(16)31-24)26-25(28)21-8-5-11-29-21/h3-14H,1-2H3,(H,26,28). The summed E-state index contributed by atoms with van der Waals surface area (Å²) in [5.41, 5.74) is 2.67. The SMILES string of the molecule is CC(C)c1ccc2oc(=O)cc(-c3oc4ccccc4c3NC(=O)c3ccco3)c2c1. The largest absolute Gasteiger partial charge is 0.459 e. The van der Waals surface area contributed by atoms with Gasteiger partial charge >= 0.3 is 5.63 Å². The van der Waals surface area contributed by atoms with Crippen molar-refractivity contribution in [3.63, 3.8) is 0 Å².